The Balaban J connectivity index is 1.78. The van der Waals surface area contributed by atoms with Gasteiger partial charge in [-0.15, -0.1) is 0 Å². The molecule has 3 aromatic rings. The van der Waals surface area contributed by atoms with Gasteiger partial charge >= 0.3 is 5.97 Å². The number of hydrogen-bond donors (Lipinski definition) is 2. The monoisotopic (exact) mass is 515 g/mol. The lowest BCUT2D eigenvalue weighted by atomic mass is 9.80. The van der Waals surface area contributed by atoms with E-state index in [0.29, 0.717) is 48.1 Å². The second-order valence-electron chi connectivity index (χ2n) is 9.20. The molecule has 2 N–H and O–H groups in total. The third-order valence-electron chi connectivity index (χ3n) is 7.14. The second-order valence-corrected chi connectivity index (χ2v) is 9.20. The highest BCUT2D eigenvalue weighted by Crippen LogP contribution is 2.41. The maximum atomic E-state index is 14.8. The molecule has 1 saturated heterocycles. The molecule has 0 aliphatic carbocycles. The van der Waals surface area contributed by atoms with Gasteiger partial charge in [-0.3, -0.25) is 9.78 Å². The Morgan fingerprint density at radius 1 is 1.16 bits per heavy atom. The number of halogens is 3. The van der Waals surface area contributed by atoms with Crippen LogP contribution in [-0.2, 0) is 15.1 Å². The quantitative estimate of drug-likeness (QED) is 0.422. The second kappa shape index (κ2) is 10.4. The van der Waals surface area contributed by atoms with Gasteiger partial charge in [-0.2, -0.15) is 0 Å². The van der Waals surface area contributed by atoms with Gasteiger partial charge in [0, 0.05) is 50.0 Å². The number of carboxylic acid groups (broad SMARTS) is 1. The molecule has 1 aliphatic rings. The van der Waals surface area contributed by atoms with Crippen LogP contribution in [-0.4, -0.2) is 47.1 Å². The number of nitrogens with zero attached hydrogens (tertiary/aromatic N) is 2. The molecule has 1 atom stereocenters. The van der Waals surface area contributed by atoms with Crippen molar-refractivity contribution in [2.75, 3.05) is 25.5 Å². The van der Waals surface area contributed by atoms with Crippen LogP contribution >= 0.6 is 0 Å². The van der Waals surface area contributed by atoms with Gasteiger partial charge in [-0.25, -0.2) is 18.0 Å². The first-order valence-electron chi connectivity index (χ1n) is 11.9. The molecular weight excluding hydrogens is 487 g/mol. The molecule has 0 spiro atoms. The van der Waals surface area contributed by atoms with Gasteiger partial charge in [0.25, 0.3) is 6.43 Å². The molecule has 4 rings (SSSR count). The van der Waals surface area contributed by atoms with Crippen molar-refractivity contribution in [3.63, 3.8) is 0 Å². The van der Waals surface area contributed by atoms with Gasteiger partial charge in [0.05, 0.1) is 28.3 Å². The van der Waals surface area contributed by atoms with Crippen molar-refractivity contribution in [1.82, 2.24) is 9.88 Å². The minimum atomic E-state index is -2.94. The minimum absolute atomic E-state index is 0.0407. The molecule has 1 amide bonds. The number of hydrogen-bond acceptors (Lipinski definition) is 5. The first-order chi connectivity index (χ1) is 17.6. The average Bonchev–Trinajstić information content (AvgIpc) is 2.88. The average molecular weight is 516 g/mol. The number of anilines is 1. The topological polar surface area (TPSA) is 91.8 Å². The Kier molecular flexibility index (Phi) is 7.40. The van der Waals surface area contributed by atoms with E-state index in [0.717, 1.165) is 6.07 Å². The van der Waals surface area contributed by atoms with E-state index in [-0.39, 0.29) is 17.0 Å². The van der Waals surface area contributed by atoms with Crippen molar-refractivity contribution >= 4 is 28.5 Å². The van der Waals surface area contributed by atoms with E-state index < -0.39 is 35.4 Å². The molecule has 1 fully saturated rings. The number of aromatic nitrogens is 1. The third kappa shape index (κ3) is 4.98. The van der Waals surface area contributed by atoms with Crippen molar-refractivity contribution < 1.29 is 32.6 Å². The molecule has 1 aliphatic heterocycles. The molecule has 0 bridgehead atoms. The predicted octanol–water partition coefficient (Wildman–Crippen LogP) is 5.67. The summed E-state index contributed by atoms with van der Waals surface area (Å²) in [6.07, 6.45) is -0.642. The standard InChI is InChI=1S/C27H28F3N3O4/c1-15(17-5-4-6-18(24(17)28)25(29)30)32-22-7-10-31-23-14-19(26(35)36)21(13-20(22)23)27(37-3)8-11-33(12-9-27)16(2)34/h4-7,10,13-15,25H,8-9,11-12H2,1-3H3,(H,31,32)(H,35,36)/t15-/m1/s1. The Labute approximate surface area is 212 Å². The number of amides is 1. The lowest BCUT2D eigenvalue weighted by Gasteiger charge is -2.41. The van der Waals surface area contributed by atoms with E-state index in [1.165, 1.54) is 38.4 Å². The van der Waals surface area contributed by atoms with Gasteiger partial charge in [-0.05, 0) is 43.5 Å². The smallest absolute Gasteiger partial charge is 0.336 e. The van der Waals surface area contributed by atoms with Gasteiger partial charge < -0.3 is 20.1 Å². The summed E-state index contributed by atoms with van der Waals surface area (Å²) in [5, 5.41) is 13.8. The van der Waals surface area contributed by atoms with Crippen LogP contribution in [0.2, 0.25) is 0 Å². The molecular formula is C27H28F3N3O4. The number of aromatic carboxylic acids is 1. The first kappa shape index (κ1) is 26.4. The van der Waals surface area contributed by atoms with E-state index in [9.17, 15) is 27.9 Å². The number of likely N-dealkylation sites (tertiary alicyclic amines) is 1. The normalized spacial score (nSPS) is 16.1. The molecule has 2 aromatic carbocycles. The van der Waals surface area contributed by atoms with Crippen LogP contribution in [0.4, 0.5) is 18.9 Å². The van der Waals surface area contributed by atoms with E-state index in [1.54, 1.807) is 24.0 Å². The number of benzene rings is 2. The predicted molar refractivity (Wildman–Crippen MR) is 132 cm³/mol. The highest BCUT2D eigenvalue weighted by molar-refractivity contribution is 5.99. The number of carbonyl (C=O) groups is 2. The van der Waals surface area contributed by atoms with Crippen molar-refractivity contribution in [2.45, 2.75) is 44.8 Å². The summed E-state index contributed by atoms with van der Waals surface area (Å²) in [5.74, 6) is -2.17. The first-order valence-corrected chi connectivity index (χ1v) is 11.9. The Hall–Kier alpha value is -3.66. The maximum Gasteiger partial charge on any atom is 0.336 e. The Morgan fingerprint density at radius 3 is 2.43 bits per heavy atom. The van der Waals surface area contributed by atoms with E-state index in [4.69, 9.17) is 4.74 Å². The Morgan fingerprint density at radius 2 is 1.84 bits per heavy atom. The van der Waals surface area contributed by atoms with Crippen LogP contribution in [0.25, 0.3) is 10.9 Å². The van der Waals surface area contributed by atoms with Crippen molar-refractivity contribution in [3.8, 4) is 0 Å². The van der Waals surface area contributed by atoms with Crippen LogP contribution in [0.3, 0.4) is 0 Å². The fourth-order valence-electron chi connectivity index (χ4n) is 5.02. The van der Waals surface area contributed by atoms with Crippen LogP contribution in [0.15, 0.2) is 42.6 Å². The zero-order valence-electron chi connectivity index (χ0n) is 20.7. The summed E-state index contributed by atoms with van der Waals surface area (Å²) < 4.78 is 47.1. The van der Waals surface area contributed by atoms with Crippen LogP contribution in [0, 0.1) is 5.82 Å². The Bertz CT molecular complexity index is 1340. The van der Waals surface area contributed by atoms with Gasteiger partial charge in [0.1, 0.15) is 5.82 Å². The van der Waals surface area contributed by atoms with Gasteiger partial charge in [-0.1, -0.05) is 18.2 Å². The number of rotatable bonds is 7. The largest absolute Gasteiger partial charge is 0.478 e. The molecule has 196 valence electrons. The van der Waals surface area contributed by atoms with Gasteiger partial charge in [0.15, 0.2) is 0 Å². The number of fused-ring (bicyclic) bond motifs is 1. The number of carboxylic acids is 1. The fourth-order valence-corrected chi connectivity index (χ4v) is 5.02. The molecule has 10 heteroatoms. The highest BCUT2D eigenvalue weighted by Gasteiger charge is 2.40. The number of piperidine rings is 1. The minimum Gasteiger partial charge on any atom is -0.478 e. The molecule has 37 heavy (non-hydrogen) atoms. The zero-order valence-corrected chi connectivity index (χ0v) is 20.7. The van der Waals surface area contributed by atoms with Crippen molar-refractivity contribution in [2.24, 2.45) is 0 Å². The van der Waals surface area contributed by atoms with Crippen LogP contribution < -0.4 is 5.32 Å². The third-order valence-corrected chi connectivity index (χ3v) is 7.14. The number of nitrogens with one attached hydrogen (secondary N) is 1. The summed E-state index contributed by atoms with van der Waals surface area (Å²) in [5.41, 5.74) is -0.109. The van der Waals surface area contributed by atoms with E-state index in [2.05, 4.69) is 10.3 Å². The number of alkyl halides is 2. The lowest BCUT2D eigenvalue weighted by molar-refractivity contribution is -0.135. The molecule has 0 unspecified atom stereocenters. The number of carbonyl (C=O) groups excluding carboxylic acids is 1. The summed E-state index contributed by atoms with van der Waals surface area (Å²) in [4.78, 5) is 30.1. The van der Waals surface area contributed by atoms with Crippen molar-refractivity contribution in [1.29, 1.82) is 0 Å². The van der Waals surface area contributed by atoms with Crippen molar-refractivity contribution in [3.05, 3.63) is 70.7 Å². The number of ether oxygens (including phenoxy) is 1. The maximum absolute atomic E-state index is 14.8. The lowest BCUT2D eigenvalue weighted by Crippen LogP contribution is -2.46. The molecule has 0 radical (unpaired) electrons. The van der Waals surface area contributed by atoms with Crippen LogP contribution in [0.1, 0.15) is 66.2 Å². The van der Waals surface area contributed by atoms with E-state index >= 15 is 0 Å². The van der Waals surface area contributed by atoms with Gasteiger partial charge in [0.2, 0.25) is 5.91 Å². The fraction of sp³-hybridized carbons (Fsp3) is 0.370. The SMILES string of the molecule is COC1(c2cc3c(N[C@H](C)c4cccc(C(F)F)c4F)ccnc3cc2C(=O)O)CCN(C(C)=O)CC1. The summed E-state index contributed by atoms with van der Waals surface area (Å²) in [6.45, 7) is 3.97. The number of pyridine rings is 1. The summed E-state index contributed by atoms with van der Waals surface area (Å²) in [7, 11) is 1.52. The summed E-state index contributed by atoms with van der Waals surface area (Å²) in [6, 6.07) is 8.05. The molecule has 1 aromatic heterocycles. The zero-order chi connectivity index (χ0) is 26.9. The molecule has 2 heterocycles. The number of methoxy groups -OCH3 is 1. The highest BCUT2D eigenvalue weighted by atomic mass is 19.3. The van der Waals surface area contributed by atoms with Crippen LogP contribution in [0.5, 0.6) is 0 Å². The summed E-state index contributed by atoms with van der Waals surface area (Å²) >= 11 is 0. The van der Waals surface area contributed by atoms with E-state index in [1.807, 2.05) is 0 Å². The molecule has 7 nitrogen and oxygen atoms in total. The molecule has 0 saturated carbocycles.